The molecule has 126 valence electrons. The molecule has 1 saturated carbocycles. The van der Waals surface area contributed by atoms with Crippen LogP contribution in [-0.4, -0.2) is 20.4 Å². The summed E-state index contributed by atoms with van der Waals surface area (Å²) in [6.45, 7) is 1.77. The van der Waals surface area contributed by atoms with Gasteiger partial charge in [0.2, 0.25) is 10.0 Å². The van der Waals surface area contributed by atoms with Crippen molar-refractivity contribution in [3.63, 3.8) is 0 Å². The normalized spacial score (nSPS) is 14.4. The number of sulfonamides is 1. The Morgan fingerprint density at radius 1 is 1.21 bits per heavy atom. The second-order valence-corrected chi connectivity index (χ2v) is 7.87. The first kappa shape index (κ1) is 17.0. The molecule has 1 fully saturated rings. The molecule has 2 aromatic carbocycles. The summed E-state index contributed by atoms with van der Waals surface area (Å²) in [7, 11) is -3.61. The first-order chi connectivity index (χ1) is 11.3. The highest BCUT2D eigenvalue weighted by molar-refractivity contribution is 7.89. The van der Waals surface area contributed by atoms with Gasteiger partial charge in [0.05, 0.1) is 10.5 Å². The Morgan fingerprint density at radius 2 is 1.96 bits per heavy atom. The van der Waals surface area contributed by atoms with Crippen molar-refractivity contribution in [2.24, 2.45) is 0 Å². The van der Waals surface area contributed by atoms with Crippen molar-refractivity contribution in [3.05, 3.63) is 58.6 Å². The fourth-order valence-corrected chi connectivity index (χ4v) is 3.74. The van der Waals surface area contributed by atoms with E-state index in [4.69, 9.17) is 16.3 Å². The summed E-state index contributed by atoms with van der Waals surface area (Å²) < 4.78 is 32.4. The number of esters is 1. The van der Waals surface area contributed by atoms with Gasteiger partial charge in [-0.3, -0.25) is 0 Å². The van der Waals surface area contributed by atoms with Crippen molar-refractivity contribution in [3.8, 4) is 5.75 Å². The van der Waals surface area contributed by atoms with Crippen LogP contribution in [0.2, 0.25) is 5.02 Å². The first-order valence-electron chi connectivity index (χ1n) is 7.46. The highest BCUT2D eigenvalue weighted by atomic mass is 35.5. The Hall–Kier alpha value is -1.89. The Bertz CT molecular complexity index is 891. The van der Waals surface area contributed by atoms with Gasteiger partial charge in [-0.2, -0.15) is 0 Å². The lowest BCUT2D eigenvalue weighted by atomic mass is 10.2. The number of ether oxygens (including phenoxy) is 1. The average molecular weight is 366 g/mol. The monoisotopic (exact) mass is 365 g/mol. The number of aryl methyl sites for hydroxylation is 1. The molecule has 0 atom stereocenters. The molecule has 1 N–H and O–H groups in total. The number of hydrogen-bond donors (Lipinski definition) is 1. The standard InChI is InChI=1S/C17H16ClNO4S/c1-11-9-13(18)5-8-16(11)23-17(20)12-3-2-4-15(10-12)24(21,22)19-14-6-7-14/h2-5,8-10,14,19H,6-7H2,1H3. The SMILES string of the molecule is Cc1cc(Cl)ccc1OC(=O)c1cccc(S(=O)(=O)NC2CC2)c1. The lowest BCUT2D eigenvalue weighted by Crippen LogP contribution is -2.26. The molecule has 1 aliphatic rings. The smallest absolute Gasteiger partial charge is 0.343 e. The predicted octanol–water partition coefficient (Wildman–Crippen LogP) is 3.31. The van der Waals surface area contributed by atoms with Crippen molar-refractivity contribution in [2.45, 2.75) is 30.7 Å². The van der Waals surface area contributed by atoms with Gasteiger partial charge in [0.15, 0.2) is 0 Å². The summed E-state index contributed by atoms with van der Waals surface area (Å²) >= 11 is 5.87. The third kappa shape index (κ3) is 3.95. The van der Waals surface area contributed by atoms with Crippen molar-refractivity contribution in [1.82, 2.24) is 4.72 Å². The van der Waals surface area contributed by atoms with E-state index in [1.54, 1.807) is 25.1 Å². The van der Waals surface area contributed by atoms with Crippen LogP contribution in [0.1, 0.15) is 28.8 Å². The highest BCUT2D eigenvalue weighted by Gasteiger charge is 2.28. The summed E-state index contributed by atoms with van der Waals surface area (Å²) in [6.07, 6.45) is 1.69. The zero-order valence-electron chi connectivity index (χ0n) is 13.0. The molecule has 0 radical (unpaired) electrons. The summed E-state index contributed by atoms with van der Waals surface area (Å²) in [6, 6.07) is 10.7. The number of carbonyl (C=O) groups excluding carboxylic acids is 1. The molecular weight excluding hydrogens is 350 g/mol. The first-order valence-corrected chi connectivity index (χ1v) is 9.32. The Labute approximate surface area is 145 Å². The van der Waals surface area contributed by atoms with Gasteiger partial charge in [-0.25, -0.2) is 17.9 Å². The van der Waals surface area contributed by atoms with Crippen LogP contribution >= 0.6 is 11.6 Å². The zero-order valence-corrected chi connectivity index (χ0v) is 14.5. The molecule has 0 amide bonds. The molecule has 2 aromatic rings. The van der Waals surface area contributed by atoms with Gasteiger partial charge in [0.25, 0.3) is 0 Å². The summed E-state index contributed by atoms with van der Waals surface area (Å²) in [5, 5.41) is 0.548. The van der Waals surface area contributed by atoms with Crippen molar-refractivity contribution in [2.75, 3.05) is 0 Å². The molecule has 0 spiro atoms. The lowest BCUT2D eigenvalue weighted by Gasteiger charge is -2.09. The van der Waals surface area contributed by atoms with Crippen LogP contribution in [-0.2, 0) is 10.0 Å². The van der Waals surface area contributed by atoms with Crippen LogP contribution in [0.3, 0.4) is 0 Å². The zero-order chi connectivity index (χ0) is 17.3. The van der Waals surface area contributed by atoms with Gasteiger partial charge >= 0.3 is 5.97 Å². The maximum atomic E-state index is 12.3. The third-order valence-corrected chi connectivity index (χ3v) is 5.37. The second kappa shape index (κ2) is 6.55. The summed E-state index contributed by atoms with van der Waals surface area (Å²) in [5.74, 6) is -0.238. The van der Waals surface area contributed by atoms with Gasteiger partial charge in [-0.05, 0) is 61.7 Å². The molecule has 0 unspecified atom stereocenters. The molecule has 1 aliphatic carbocycles. The number of rotatable bonds is 5. The van der Waals surface area contributed by atoms with E-state index in [0.717, 1.165) is 18.4 Å². The predicted molar refractivity (Wildman–Crippen MR) is 90.9 cm³/mol. The van der Waals surface area contributed by atoms with E-state index in [2.05, 4.69) is 4.72 Å². The Kier molecular flexibility index (Phi) is 4.62. The van der Waals surface area contributed by atoms with Gasteiger partial charge in [-0.1, -0.05) is 17.7 Å². The highest BCUT2D eigenvalue weighted by Crippen LogP contribution is 2.24. The van der Waals surface area contributed by atoms with Crippen LogP contribution < -0.4 is 9.46 Å². The summed E-state index contributed by atoms with van der Waals surface area (Å²) in [5.41, 5.74) is 0.887. The van der Waals surface area contributed by atoms with Crippen LogP contribution in [0.25, 0.3) is 0 Å². The van der Waals surface area contributed by atoms with Crippen LogP contribution in [0.15, 0.2) is 47.4 Å². The molecule has 0 heterocycles. The fourth-order valence-electron chi connectivity index (χ4n) is 2.16. The van der Waals surface area contributed by atoms with E-state index in [-0.39, 0.29) is 16.5 Å². The van der Waals surface area contributed by atoms with E-state index < -0.39 is 16.0 Å². The van der Waals surface area contributed by atoms with E-state index in [0.29, 0.717) is 10.8 Å². The molecule has 24 heavy (non-hydrogen) atoms. The molecular formula is C17H16ClNO4S. The minimum Gasteiger partial charge on any atom is -0.423 e. The minimum absolute atomic E-state index is 0.00215. The van der Waals surface area contributed by atoms with E-state index in [1.807, 2.05) is 0 Å². The number of benzene rings is 2. The van der Waals surface area contributed by atoms with Crippen LogP contribution in [0.4, 0.5) is 0 Å². The van der Waals surface area contributed by atoms with Gasteiger partial charge in [0, 0.05) is 11.1 Å². The molecule has 5 nitrogen and oxygen atoms in total. The van der Waals surface area contributed by atoms with Crippen molar-refractivity contribution in [1.29, 1.82) is 0 Å². The number of carbonyl (C=O) groups is 1. The fraction of sp³-hybridized carbons (Fsp3) is 0.235. The van der Waals surface area contributed by atoms with Crippen LogP contribution in [0.5, 0.6) is 5.75 Å². The Morgan fingerprint density at radius 3 is 2.62 bits per heavy atom. The van der Waals surface area contributed by atoms with E-state index in [9.17, 15) is 13.2 Å². The van der Waals surface area contributed by atoms with E-state index in [1.165, 1.54) is 24.3 Å². The van der Waals surface area contributed by atoms with Crippen molar-refractivity contribution >= 4 is 27.6 Å². The summed E-state index contributed by atoms with van der Waals surface area (Å²) in [4.78, 5) is 12.3. The number of halogens is 1. The number of nitrogens with one attached hydrogen (secondary N) is 1. The lowest BCUT2D eigenvalue weighted by molar-refractivity contribution is 0.0733. The largest absolute Gasteiger partial charge is 0.423 e. The number of hydrogen-bond acceptors (Lipinski definition) is 4. The minimum atomic E-state index is -3.61. The second-order valence-electron chi connectivity index (χ2n) is 5.72. The molecule has 0 bridgehead atoms. The maximum Gasteiger partial charge on any atom is 0.343 e. The maximum absolute atomic E-state index is 12.3. The molecule has 0 aromatic heterocycles. The van der Waals surface area contributed by atoms with Gasteiger partial charge in [0.1, 0.15) is 5.75 Å². The van der Waals surface area contributed by atoms with E-state index >= 15 is 0 Å². The topological polar surface area (TPSA) is 72.5 Å². The van der Waals surface area contributed by atoms with Gasteiger partial charge in [-0.15, -0.1) is 0 Å². The van der Waals surface area contributed by atoms with Gasteiger partial charge < -0.3 is 4.74 Å². The third-order valence-electron chi connectivity index (χ3n) is 3.62. The quantitative estimate of drug-likeness (QED) is 0.651. The molecule has 3 rings (SSSR count). The Balaban J connectivity index is 1.81. The van der Waals surface area contributed by atoms with Crippen molar-refractivity contribution < 1.29 is 17.9 Å². The molecule has 0 aliphatic heterocycles. The average Bonchev–Trinajstić information content (AvgIpc) is 3.33. The molecule has 7 heteroatoms. The van der Waals surface area contributed by atoms with Crippen LogP contribution in [0, 0.1) is 6.92 Å². The molecule has 0 saturated heterocycles.